The lowest BCUT2D eigenvalue weighted by molar-refractivity contribution is 0.457. The smallest absolute Gasteiger partial charge is 0.0382 e. The predicted octanol–water partition coefficient (Wildman–Crippen LogP) is 6.95. The second kappa shape index (κ2) is 7.08. The van der Waals surface area contributed by atoms with Crippen LogP contribution in [0.25, 0.3) is 21.5 Å². The SMILES string of the molecule is CCC(C)(Cc1ccc2ccccc2c1)c1c(NC)ccc2ccccc12. The summed E-state index contributed by atoms with van der Waals surface area (Å²) in [5.41, 5.74) is 4.12. The molecular formula is C26H27N. The van der Waals surface area contributed by atoms with Crippen molar-refractivity contribution in [3.63, 3.8) is 0 Å². The van der Waals surface area contributed by atoms with E-state index in [9.17, 15) is 0 Å². The van der Waals surface area contributed by atoms with E-state index in [0.717, 1.165) is 12.8 Å². The number of hydrogen-bond donors (Lipinski definition) is 1. The molecule has 4 aromatic carbocycles. The first-order valence-corrected chi connectivity index (χ1v) is 9.82. The van der Waals surface area contributed by atoms with Gasteiger partial charge in [-0.05, 0) is 57.0 Å². The van der Waals surface area contributed by atoms with Crippen LogP contribution in [-0.4, -0.2) is 7.05 Å². The normalized spacial score (nSPS) is 13.6. The molecule has 1 unspecified atom stereocenters. The van der Waals surface area contributed by atoms with Gasteiger partial charge >= 0.3 is 0 Å². The van der Waals surface area contributed by atoms with E-state index in [1.165, 1.54) is 38.4 Å². The first kappa shape index (κ1) is 17.6. The molecule has 0 radical (unpaired) electrons. The van der Waals surface area contributed by atoms with Gasteiger partial charge in [0.15, 0.2) is 0 Å². The molecule has 1 N–H and O–H groups in total. The summed E-state index contributed by atoms with van der Waals surface area (Å²) in [5.74, 6) is 0. The molecule has 0 aromatic heterocycles. The van der Waals surface area contributed by atoms with Gasteiger partial charge in [-0.15, -0.1) is 0 Å². The highest BCUT2D eigenvalue weighted by Crippen LogP contribution is 2.41. The van der Waals surface area contributed by atoms with Gasteiger partial charge in [-0.2, -0.15) is 0 Å². The Hall–Kier alpha value is -2.80. The lowest BCUT2D eigenvalue weighted by Crippen LogP contribution is -2.26. The Morgan fingerprint density at radius 3 is 2.19 bits per heavy atom. The lowest BCUT2D eigenvalue weighted by Gasteiger charge is -2.33. The Morgan fingerprint density at radius 1 is 0.778 bits per heavy atom. The first-order chi connectivity index (χ1) is 13.1. The molecule has 1 atom stereocenters. The van der Waals surface area contributed by atoms with Crippen molar-refractivity contribution in [2.45, 2.75) is 32.1 Å². The van der Waals surface area contributed by atoms with Crippen molar-refractivity contribution in [1.29, 1.82) is 0 Å². The fourth-order valence-corrected chi connectivity index (χ4v) is 4.32. The minimum atomic E-state index is 0.0572. The fourth-order valence-electron chi connectivity index (χ4n) is 4.32. The van der Waals surface area contributed by atoms with E-state index >= 15 is 0 Å². The first-order valence-electron chi connectivity index (χ1n) is 9.82. The number of rotatable bonds is 5. The summed E-state index contributed by atoms with van der Waals surface area (Å²) in [4.78, 5) is 0. The quantitative estimate of drug-likeness (QED) is 0.409. The van der Waals surface area contributed by atoms with E-state index in [1.807, 2.05) is 7.05 Å². The van der Waals surface area contributed by atoms with E-state index in [1.54, 1.807) is 0 Å². The Bertz CT molecular complexity index is 1100. The molecule has 0 heterocycles. The van der Waals surface area contributed by atoms with Gasteiger partial charge in [0.05, 0.1) is 0 Å². The monoisotopic (exact) mass is 353 g/mol. The average molecular weight is 354 g/mol. The largest absolute Gasteiger partial charge is 0.388 e. The summed E-state index contributed by atoms with van der Waals surface area (Å²) in [7, 11) is 2.03. The van der Waals surface area contributed by atoms with Gasteiger partial charge in [0, 0.05) is 12.7 Å². The van der Waals surface area contributed by atoms with Gasteiger partial charge in [0.2, 0.25) is 0 Å². The van der Waals surface area contributed by atoms with Crippen molar-refractivity contribution in [3.05, 3.63) is 90.0 Å². The molecule has 27 heavy (non-hydrogen) atoms. The van der Waals surface area contributed by atoms with Crippen LogP contribution in [0, 0.1) is 0 Å². The molecule has 1 nitrogen and oxygen atoms in total. The number of anilines is 1. The lowest BCUT2D eigenvalue weighted by atomic mass is 9.72. The highest BCUT2D eigenvalue weighted by atomic mass is 14.8. The second-order valence-corrected chi connectivity index (χ2v) is 7.73. The Labute approximate surface area is 162 Å². The van der Waals surface area contributed by atoms with Gasteiger partial charge in [0.25, 0.3) is 0 Å². The maximum atomic E-state index is 3.44. The zero-order valence-electron chi connectivity index (χ0n) is 16.4. The number of hydrogen-bond acceptors (Lipinski definition) is 1. The minimum absolute atomic E-state index is 0.0572. The van der Waals surface area contributed by atoms with E-state index in [2.05, 4.69) is 98.0 Å². The molecule has 0 aliphatic carbocycles. The molecule has 0 amide bonds. The standard InChI is InChI=1S/C26H27N/c1-4-26(2,18-19-13-14-20-9-5-6-11-22(20)17-19)25-23-12-8-7-10-21(23)15-16-24(25)27-3/h5-17,27H,4,18H2,1-3H3. The van der Waals surface area contributed by atoms with E-state index in [4.69, 9.17) is 0 Å². The molecule has 0 bridgehead atoms. The molecule has 4 rings (SSSR count). The van der Waals surface area contributed by atoms with Crippen molar-refractivity contribution in [3.8, 4) is 0 Å². The molecule has 0 aliphatic heterocycles. The molecule has 4 aromatic rings. The summed E-state index contributed by atoms with van der Waals surface area (Å²) >= 11 is 0. The predicted molar refractivity (Wildman–Crippen MR) is 119 cm³/mol. The summed E-state index contributed by atoms with van der Waals surface area (Å²) < 4.78 is 0. The van der Waals surface area contributed by atoms with Gasteiger partial charge < -0.3 is 5.32 Å². The van der Waals surface area contributed by atoms with Crippen molar-refractivity contribution in [2.75, 3.05) is 12.4 Å². The van der Waals surface area contributed by atoms with Crippen LogP contribution >= 0.6 is 0 Å². The second-order valence-electron chi connectivity index (χ2n) is 7.73. The topological polar surface area (TPSA) is 12.0 Å². The van der Waals surface area contributed by atoms with Crippen molar-refractivity contribution in [1.82, 2.24) is 0 Å². The molecule has 0 aliphatic rings. The number of nitrogens with one attached hydrogen (secondary N) is 1. The van der Waals surface area contributed by atoms with Crippen molar-refractivity contribution in [2.24, 2.45) is 0 Å². The zero-order chi connectivity index (χ0) is 18.9. The maximum Gasteiger partial charge on any atom is 0.0382 e. The third-order valence-corrected chi connectivity index (χ3v) is 5.99. The molecule has 1 heteroatoms. The van der Waals surface area contributed by atoms with Crippen LogP contribution < -0.4 is 5.32 Å². The summed E-state index contributed by atoms with van der Waals surface area (Å²) in [6.07, 6.45) is 2.11. The molecule has 0 fully saturated rings. The Kier molecular flexibility index (Phi) is 4.61. The minimum Gasteiger partial charge on any atom is -0.388 e. The summed E-state index contributed by atoms with van der Waals surface area (Å²) in [6, 6.07) is 28.7. The third kappa shape index (κ3) is 3.19. The van der Waals surface area contributed by atoms with Crippen molar-refractivity contribution < 1.29 is 0 Å². The highest BCUT2D eigenvalue weighted by Gasteiger charge is 2.29. The Morgan fingerprint density at radius 2 is 1.44 bits per heavy atom. The summed E-state index contributed by atoms with van der Waals surface area (Å²) in [6.45, 7) is 4.72. The average Bonchev–Trinajstić information content (AvgIpc) is 2.72. The van der Waals surface area contributed by atoms with Gasteiger partial charge in [-0.1, -0.05) is 86.6 Å². The summed E-state index contributed by atoms with van der Waals surface area (Å²) in [5, 5.41) is 8.73. The van der Waals surface area contributed by atoms with Gasteiger partial charge in [-0.25, -0.2) is 0 Å². The fraction of sp³-hybridized carbons (Fsp3) is 0.231. The van der Waals surface area contributed by atoms with E-state index < -0.39 is 0 Å². The van der Waals surface area contributed by atoms with Crippen LogP contribution in [0.4, 0.5) is 5.69 Å². The number of fused-ring (bicyclic) bond motifs is 2. The zero-order valence-corrected chi connectivity index (χ0v) is 16.4. The third-order valence-electron chi connectivity index (χ3n) is 5.99. The van der Waals surface area contributed by atoms with Crippen molar-refractivity contribution >= 4 is 27.2 Å². The number of benzene rings is 4. The van der Waals surface area contributed by atoms with Gasteiger partial charge in [-0.3, -0.25) is 0 Å². The molecule has 0 saturated heterocycles. The molecule has 0 saturated carbocycles. The van der Waals surface area contributed by atoms with Crippen LogP contribution in [0.5, 0.6) is 0 Å². The van der Waals surface area contributed by atoms with Crippen LogP contribution in [0.2, 0.25) is 0 Å². The van der Waals surface area contributed by atoms with Crippen LogP contribution in [0.3, 0.4) is 0 Å². The Balaban J connectivity index is 1.85. The van der Waals surface area contributed by atoms with E-state index in [0.29, 0.717) is 0 Å². The van der Waals surface area contributed by atoms with Crippen LogP contribution in [0.15, 0.2) is 78.9 Å². The van der Waals surface area contributed by atoms with E-state index in [-0.39, 0.29) is 5.41 Å². The van der Waals surface area contributed by atoms with Gasteiger partial charge in [0.1, 0.15) is 0 Å². The highest BCUT2D eigenvalue weighted by molar-refractivity contribution is 5.91. The van der Waals surface area contributed by atoms with Crippen LogP contribution in [0.1, 0.15) is 31.4 Å². The molecule has 0 spiro atoms. The van der Waals surface area contributed by atoms with Crippen LogP contribution in [-0.2, 0) is 11.8 Å². The molecular weight excluding hydrogens is 326 g/mol. The maximum absolute atomic E-state index is 3.44. The molecule has 136 valence electrons.